The van der Waals surface area contributed by atoms with Crippen molar-refractivity contribution >= 4 is 17.9 Å². The number of nitrogens with zero attached hydrogens (tertiary/aromatic N) is 1. The molecule has 0 heterocycles. The van der Waals surface area contributed by atoms with Crippen molar-refractivity contribution in [3.8, 4) is 0 Å². The summed E-state index contributed by atoms with van der Waals surface area (Å²) in [5.74, 6) is -1.18. The first kappa shape index (κ1) is 16.2. The van der Waals surface area contributed by atoms with E-state index in [1.807, 2.05) is 6.92 Å². The maximum Gasteiger partial charge on any atom is 0.323 e. The molecule has 104 valence electrons. The van der Waals surface area contributed by atoms with E-state index >= 15 is 0 Å². The van der Waals surface area contributed by atoms with Gasteiger partial charge in [-0.1, -0.05) is 6.92 Å². The number of primary amides is 1. The fraction of sp³-hybridized carbons (Fsp3) is 0.727. The number of unbranched alkanes of at least 4 members (excludes halogenated alkanes) is 1. The van der Waals surface area contributed by atoms with Gasteiger partial charge in [-0.05, 0) is 19.3 Å². The van der Waals surface area contributed by atoms with Gasteiger partial charge in [-0.15, -0.1) is 0 Å². The van der Waals surface area contributed by atoms with E-state index in [1.54, 1.807) is 0 Å². The molecule has 0 bridgehead atoms. The number of hydrogen-bond acceptors (Lipinski definition) is 3. The standard InChI is InChI=1S/C11H21N3O4/c1-2-7-14(8-10(16)17)9(15)5-3-4-6-13-11(12)18/h2-8H2,1H3,(H,16,17)(H3,12,13,18). The van der Waals surface area contributed by atoms with Crippen LogP contribution < -0.4 is 11.1 Å². The summed E-state index contributed by atoms with van der Waals surface area (Å²) in [5, 5.41) is 11.1. The van der Waals surface area contributed by atoms with Crippen LogP contribution in [0.25, 0.3) is 0 Å². The molecule has 7 heteroatoms. The van der Waals surface area contributed by atoms with Crippen LogP contribution in [-0.4, -0.2) is 47.5 Å². The third-order valence-corrected chi connectivity index (χ3v) is 2.29. The Morgan fingerprint density at radius 1 is 1.28 bits per heavy atom. The third-order valence-electron chi connectivity index (χ3n) is 2.29. The Kier molecular flexibility index (Phi) is 8.34. The summed E-state index contributed by atoms with van der Waals surface area (Å²) in [5.41, 5.74) is 4.89. The summed E-state index contributed by atoms with van der Waals surface area (Å²) in [6.45, 7) is 2.51. The molecule has 0 aliphatic heterocycles. The van der Waals surface area contributed by atoms with E-state index in [1.165, 1.54) is 4.90 Å². The number of hydrogen-bond donors (Lipinski definition) is 3. The van der Waals surface area contributed by atoms with E-state index in [0.29, 0.717) is 25.9 Å². The lowest BCUT2D eigenvalue weighted by molar-refractivity contribution is -0.144. The predicted octanol–water partition coefficient (Wildman–Crippen LogP) is 0.148. The van der Waals surface area contributed by atoms with Crippen LogP contribution in [0.1, 0.15) is 32.6 Å². The van der Waals surface area contributed by atoms with Crippen LogP contribution in [0.2, 0.25) is 0 Å². The topological polar surface area (TPSA) is 113 Å². The van der Waals surface area contributed by atoms with Crippen LogP contribution in [0, 0.1) is 0 Å². The maximum absolute atomic E-state index is 11.7. The van der Waals surface area contributed by atoms with Crippen molar-refractivity contribution in [3.63, 3.8) is 0 Å². The Morgan fingerprint density at radius 3 is 2.44 bits per heavy atom. The minimum absolute atomic E-state index is 0.168. The molecule has 0 saturated heterocycles. The molecule has 0 rings (SSSR count). The molecular formula is C11H21N3O4. The van der Waals surface area contributed by atoms with Crippen molar-refractivity contribution in [1.82, 2.24) is 10.2 Å². The molecular weight excluding hydrogens is 238 g/mol. The number of aliphatic carboxylic acids is 1. The molecule has 7 nitrogen and oxygen atoms in total. The van der Waals surface area contributed by atoms with Gasteiger partial charge >= 0.3 is 12.0 Å². The van der Waals surface area contributed by atoms with E-state index in [0.717, 1.165) is 6.42 Å². The first-order valence-corrected chi connectivity index (χ1v) is 6.00. The highest BCUT2D eigenvalue weighted by atomic mass is 16.4. The number of carbonyl (C=O) groups is 3. The average molecular weight is 259 g/mol. The fourth-order valence-corrected chi connectivity index (χ4v) is 1.50. The van der Waals surface area contributed by atoms with Gasteiger partial charge in [0, 0.05) is 19.5 Å². The van der Waals surface area contributed by atoms with Crippen LogP contribution in [0.3, 0.4) is 0 Å². The number of carboxylic acid groups (broad SMARTS) is 1. The lowest BCUT2D eigenvalue weighted by Gasteiger charge is -2.19. The van der Waals surface area contributed by atoms with E-state index in [2.05, 4.69) is 5.32 Å². The molecule has 0 saturated carbocycles. The van der Waals surface area contributed by atoms with Gasteiger partial charge in [0.1, 0.15) is 6.54 Å². The molecule has 0 spiro atoms. The fourth-order valence-electron chi connectivity index (χ4n) is 1.50. The van der Waals surface area contributed by atoms with Crippen molar-refractivity contribution < 1.29 is 19.5 Å². The van der Waals surface area contributed by atoms with Gasteiger partial charge in [0.05, 0.1) is 0 Å². The molecule has 0 aromatic rings. The molecule has 0 aliphatic carbocycles. The average Bonchev–Trinajstić information content (AvgIpc) is 2.26. The van der Waals surface area contributed by atoms with E-state index in [-0.39, 0.29) is 18.9 Å². The highest BCUT2D eigenvalue weighted by Gasteiger charge is 2.14. The van der Waals surface area contributed by atoms with E-state index < -0.39 is 12.0 Å². The number of nitrogens with two attached hydrogens (primary N) is 1. The van der Waals surface area contributed by atoms with Gasteiger partial charge in [0.25, 0.3) is 0 Å². The van der Waals surface area contributed by atoms with Crippen LogP contribution >= 0.6 is 0 Å². The second-order valence-corrected chi connectivity index (χ2v) is 3.96. The molecule has 0 aromatic heterocycles. The van der Waals surface area contributed by atoms with Crippen LogP contribution in [0.5, 0.6) is 0 Å². The minimum Gasteiger partial charge on any atom is -0.480 e. The number of nitrogens with one attached hydrogen (secondary N) is 1. The highest BCUT2D eigenvalue weighted by molar-refractivity contribution is 5.81. The summed E-state index contributed by atoms with van der Waals surface area (Å²) in [7, 11) is 0. The Morgan fingerprint density at radius 2 is 1.94 bits per heavy atom. The zero-order chi connectivity index (χ0) is 14.0. The quantitative estimate of drug-likeness (QED) is 0.511. The molecule has 0 unspecified atom stereocenters. The number of carbonyl (C=O) groups excluding carboxylic acids is 2. The van der Waals surface area contributed by atoms with Crippen molar-refractivity contribution in [1.29, 1.82) is 0 Å². The molecule has 0 atom stereocenters. The minimum atomic E-state index is -1.01. The predicted molar refractivity (Wildman–Crippen MR) is 65.9 cm³/mol. The summed E-state index contributed by atoms with van der Waals surface area (Å²) >= 11 is 0. The van der Waals surface area contributed by atoms with Gasteiger partial charge in [-0.25, -0.2) is 4.79 Å². The lowest BCUT2D eigenvalue weighted by atomic mass is 10.2. The molecule has 18 heavy (non-hydrogen) atoms. The third kappa shape index (κ3) is 8.37. The second-order valence-electron chi connectivity index (χ2n) is 3.96. The monoisotopic (exact) mass is 259 g/mol. The van der Waals surface area contributed by atoms with Crippen molar-refractivity contribution in [2.75, 3.05) is 19.6 Å². The van der Waals surface area contributed by atoms with Gasteiger partial charge in [0.2, 0.25) is 5.91 Å². The molecule has 0 fully saturated rings. The zero-order valence-corrected chi connectivity index (χ0v) is 10.6. The largest absolute Gasteiger partial charge is 0.480 e. The molecule has 0 aromatic carbocycles. The van der Waals surface area contributed by atoms with Gasteiger partial charge in [0.15, 0.2) is 0 Å². The van der Waals surface area contributed by atoms with Gasteiger partial charge in [-0.2, -0.15) is 0 Å². The Bertz CT molecular complexity index is 294. The SMILES string of the molecule is CCCN(CC(=O)O)C(=O)CCCCNC(N)=O. The zero-order valence-electron chi connectivity index (χ0n) is 10.6. The van der Waals surface area contributed by atoms with Gasteiger partial charge < -0.3 is 21.1 Å². The van der Waals surface area contributed by atoms with Crippen LogP contribution in [-0.2, 0) is 9.59 Å². The maximum atomic E-state index is 11.7. The van der Waals surface area contributed by atoms with Crippen molar-refractivity contribution in [3.05, 3.63) is 0 Å². The Balaban J connectivity index is 3.87. The highest BCUT2D eigenvalue weighted by Crippen LogP contribution is 2.02. The second kappa shape index (κ2) is 9.26. The number of carboxylic acids is 1. The first-order valence-electron chi connectivity index (χ1n) is 6.00. The molecule has 4 N–H and O–H groups in total. The lowest BCUT2D eigenvalue weighted by Crippen LogP contribution is -2.36. The van der Waals surface area contributed by atoms with E-state index in [4.69, 9.17) is 10.8 Å². The number of amides is 3. The summed E-state index contributed by atoms with van der Waals surface area (Å²) in [6, 6.07) is -0.584. The summed E-state index contributed by atoms with van der Waals surface area (Å²) in [4.78, 5) is 34.0. The summed E-state index contributed by atoms with van der Waals surface area (Å²) in [6.07, 6.45) is 2.25. The smallest absolute Gasteiger partial charge is 0.323 e. The molecule has 0 aliphatic rings. The van der Waals surface area contributed by atoms with Crippen LogP contribution in [0.4, 0.5) is 4.79 Å². The molecule has 0 radical (unpaired) electrons. The Labute approximate surface area is 106 Å². The van der Waals surface area contributed by atoms with Crippen LogP contribution in [0.15, 0.2) is 0 Å². The van der Waals surface area contributed by atoms with Crippen molar-refractivity contribution in [2.24, 2.45) is 5.73 Å². The normalized spacial score (nSPS) is 9.83. The van der Waals surface area contributed by atoms with E-state index in [9.17, 15) is 14.4 Å². The van der Waals surface area contributed by atoms with Gasteiger partial charge in [-0.3, -0.25) is 9.59 Å². The molecule has 3 amide bonds. The summed E-state index contributed by atoms with van der Waals surface area (Å²) < 4.78 is 0. The number of rotatable bonds is 9. The van der Waals surface area contributed by atoms with Crippen molar-refractivity contribution in [2.45, 2.75) is 32.6 Å². The number of urea groups is 1. The first-order chi connectivity index (χ1) is 8.47. The Hall–Kier alpha value is -1.79.